The maximum Gasteiger partial charge on any atom is 0.416 e. The Bertz CT molecular complexity index is 532. The molecule has 0 amide bonds. The number of hydrogen-bond acceptors (Lipinski definition) is 2. The smallest absolute Gasteiger partial charge is 0.314 e. The van der Waals surface area contributed by atoms with Gasteiger partial charge in [-0.3, -0.25) is 4.90 Å². The third kappa shape index (κ3) is 3.69. The van der Waals surface area contributed by atoms with Crippen LogP contribution >= 0.6 is 0 Å². The van der Waals surface area contributed by atoms with E-state index < -0.39 is 17.6 Å². The average Bonchev–Trinajstić information content (AvgIpc) is 3.03. The van der Waals surface area contributed by atoms with Gasteiger partial charge in [-0.25, -0.2) is 4.39 Å². The van der Waals surface area contributed by atoms with E-state index in [9.17, 15) is 17.6 Å². The molecule has 23 heavy (non-hydrogen) atoms. The maximum atomic E-state index is 13.4. The van der Waals surface area contributed by atoms with E-state index in [1.807, 2.05) is 0 Å². The first-order valence-corrected chi connectivity index (χ1v) is 8.28. The summed E-state index contributed by atoms with van der Waals surface area (Å²) in [6, 6.07) is 2.90. The normalized spacial score (nSPS) is 22.4. The Balaban J connectivity index is 2.01. The second-order valence-corrected chi connectivity index (χ2v) is 6.50. The van der Waals surface area contributed by atoms with E-state index in [0.717, 1.165) is 57.9 Å². The first-order valence-electron chi connectivity index (χ1n) is 8.28. The van der Waals surface area contributed by atoms with Crippen LogP contribution in [0.1, 0.15) is 42.9 Å². The van der Waals surface area contributed by atoms with Crippen molar-refractivity contribution in [1.29, 1.82) is 0 Å². The summed E-state index contributed by atoms with van der Waals surface area (Å²) < 4.78 is 53.8. The molecule has 2 fully saturated rings. The van der Waals surface area contributed by atoms with Gasteiger partial charge in [0.1, 0.15) is 5.82 Å². The number of hydrogen-bond donors (Lipinski definition) is 1. The van der Waals surface area contributed by atoms with Crippen LogP contribution in [0, 0.1) is 11.7 Å². The van der Waals surface area contributed by atoms with Crippen molar-refractivity contribution in [1.82, 2.24) is 10.2 Å². The van der Waals surface area contributed by atoms with Crippen molar-refractivity contribution in [3.8, 4) is 0 Å². The topological polar surface area (TPSA) is 15.3 Å². The molecule has 1 aromatic carbocycles. The highest BCUT2D eigenvalue weighted by Crippen LogP contribution is 2.44. The van der Waals surface area contributed by atoms with Gasteiger partial charge in [0.2, 0.25) is 0 Å². The number of alkyl halides is 3. The lowest BCUT2D eigenvalue weighted by Gasteiger charge is -2.39. The summed E-state index contributed by atoms with van der Waals surface area (Å²) in [6.45, 7) is 3.03. The Morgan fingerprint density at radius 3 is 2.35 bits per heavy atom. The number of rotatable bonds is 3. The van der Waals surface area contributed by atoms with Crippen LogP contribution < -0.4 is 5.32 Å². The second kappa shape index (κ2) is 6.77. The summed E-state index contributed by atoms with van der Waals surface area (Å²) >= 11 is 0. The number of halogens is 4. The first kappa shape index (κ1) is 16.7. The van der Waals surface area contributed by atoms with Gasteiger partial charge in [-0.05, 0) is 36.5 Å². The zero-order valence-electron chi connectivity index (χ0n) is 13.0. The fraction of sp³-hybridized carbons (Fsp3) is 0.647. The van der Waals surface area contributed by atoms with Crippen LogP contribution in [0.2, 0.25) is 0 Å². The van der Waals surface area contributed by atoms with Gasteiger partial charge in [-0.2, -0.15) is 13.2 Å². The van der Waals surface area contributed by atoms with E-state index in [2.05, 4.69) is 10.2 Å². The lowest BCUT2D eigenvalue weighted by atomic mass is 9.87. The SMILES string of the molecule is Fc1ccc([C@H](C2CCCC2)N2CCNCC2)c(C(F)(F)F)c1. The van der Waals surface area contributed by atoms with Crippen molar-refractivity contribution in [3.63, 3.8) is 0 Å². The van der Waals surface area contributed by atoms with Gasteiger partial charge in [0, 0.05) is 32.2 Å². The molecule has 1 saturated carbocycles. The first-order chi connectivity index (χ1) is 11.0. The minimum atomic E-state index is -4.53. The number of benzene rings is 1. The van der Waals surface area contributed by atoms with Gasteiger partial charge in [-0.15, -0.1) is 0 Å². The fourth-order valence-electron chi connectivity index (χ4n) is 4.01. The molecule has 2 nitrogen and oxygen atoms in total. The van der Waals surface area contributed by atoms with E-state index in [1.165, 1.54) is 6.07 Å². The van der Waals surface area contributed by atoms with Crippen LogP contribution in [0.4, 0.5) is 17.6 Å². The fourth-order valence-corrected chi connectivity index (χ4v) is 4.01. The zero-order valence-corrected chi connectivity index (χ0v) is 13.0. The molecular formula is C17H22F4N2. The van der Waals surface area contributed by atoms with Crippen LogP contribution in [0.25, 0.3) is 0 Å². The molecule has 1 aliphatic heterocycles. The Kier molecular flexibility index (Phi) is 4.92. The molecule has 1 atom stereocenters. The van der Waals surface area contributed by atoms with Gasteiger partial charge in [0.15, 0.2) is 0 Å². The Morgan fingerprint density at radius 1 is 1.09 bits per heavy atom. The van der Waals surface area contributed by atoms with E-state index in [0.29, 0.717) is 6.07 Å². The molecule has 128 valence electrons. The highest BCUT2D eigenvalue weighted by molar-refractivity contribution is 5.34. The average molecular weight is 330 g/mol. The molecule has 1 N–H and O–H groups in total. The minimum Gasteiger partial charge on any atom is -0.314 e. The van der Waals surface area contributed by atoms with E-state index >= 15 is 0 Å². The van der Waals surface area contributed by atoms with E-state index in [4.69, 9.17) is 0 Å². The third-order valence-corrected chi connectivity index (χ3v) is 5.03. The molecule has 1 aliphatic carbocycles. The van der Waals surface area contributed by atoms with Gasteiger partial charge in [0.25, 0.3) is 0 Å². The van der Waals surface area contributed by atoms with Crippen molar-refractivity contribution in [2.75, 3.05) is 26.2 Å². The van der Waals surface area contributed by atoms with Gasteiger partial charge >= 0.3 is 6.18 Å². The highest BCUT2D eigenvalue weighted by atomic mass is 19.4. The third-order valence-electron chi connectivity index (χ3n) is 5.03. The summed E-state index contributed by atoms with van der Waals surface area (Å²) in [5.41, 5.74) is -0.569. The van der Waals surface area contributed by atoms with Crippen LogP contribution in [0.5, 0.6) is 0 Å². The molecule has 0 bridgehead atoms. The van der Waals surface area contributed by atoms with Gasteiger partial charge < -0.3 is 5.32 Å². The largest absolute Gasteiger partial charge is 0.416 e. The van der Waals surface area contributed by atoms with Crippen molar-refractivity contribution >= 4 is 0 Å². The van der Waals surface area contributed by atoms with Crippen LogP contribution in [0.15, 0.2) is 18.2 Å². The predicted molar refractivity (Wildman–Crippen MR) is 80.5 cm³/mol. The number of nitrogens with zero attached hydrogens (tertiary/aromatic N) is 1. The zero-order chi connectivity index (χ0) is 16.4. The molecule has 1 saturated heterocycles. The Hall–Kier alpha value is -1.14. The highest BCUT2D eigenvalue weighted by Gasteiger charge is 2.40. The van der Waals surface area contributed by atoms with Crippen LogP contribution in [-0.2, 0) is 6.18 Å². The molecule has 0 spiro atoms. The van der Waals surface area contributed by atoms with Crippen LogP contribution in [-0.4, -0.2) is 31.1 Å². The molecule has 1 aromatic rings. The molecule has 0 aromatic heterocycles. The number of piperazine rings is 1. The minimum absolute atomic E-state index is 0.222. The number of nitrogens with one attached hydrogen (secondary N) is 1. The van der Waals surface area contributed by atoms with Crippen molar-refractivity contribution in [2.45, 2.75) is 37.9 Å². The Morgan fingerprint density at radius 2 is 1.74 bits per heavy atom. The second-order valence-electron chi connectivity index (χ2n) is 6.50. The van der Waals surface area contributed by atoms with Crippen molar-refractivity contribution in [3.05, 3.63) is 35.1 Å². The summed E-state index contributed by atoms with van der Waals surface area (Å²) in [6.07, 6.45) is -0.500. The molecule has 6 heteroatoms. The lowest BCUT2D eigenvalue weighted by molar-refractivity contribution is -0.139. The van der Waals surface area contributed by atoms with E-state index in [1.54, 1.807) is 0 Å². The van der Waals surface area contributed by atoms with Crippen molar-refractivity contribution < 1.29 is 17.6 Å². The summed E-state index contributed by atoms with van der Waals surface area (Å²) in [5, 5.41) is 3.24. The van der Waals surface area contributed by atoms with Gasteiger partial charge in [0.05, 0.1) is 5.56 Å². The summed E-state index contributed by atoms with van der Waals surface area (Å²) in [7, 11) is 0. The van der Waals surface area contributed by atoms with Crippen LogP contribution in [0.3, 0.4) is 0 Å². The molecule has 0 radical (unpaired) electrons. The molecule has 1 heterocycles. The lowest BCUT2D eigenvalue weighted by Crippen LogP contribution is -2.47. The monoisotopic (exact) mass is 330 g/mol. The quantitative estimate of drug-likeness (QED) is 0.844. The summed E-state index contributed by atoms with van der Waals surface area (Å²) in [5.74, 6) is -0.605. The Labute approximate surface area is 133 Å². The maximum absolute atomic E-state index is 13.4. The van der Waals surface area contributed by atoms with Crippen molar-refractivity contribution in [2.24, 2.45) is 5.92 Å². The van der Waals surface area contributed by atoms with Gasteiger partial charge in [-0.1, -0.05) is 18.9 Å². The molecule has 3 rings (SSSR count). The summed E-state index contributed by atoms with van der Waals surface area (Å²) in [4.78, 5) is 2.15. The van der Waals surface area contributed by atoms with E-state index in [-0.39, 0.29) is 17.5 Å². The predicted octanol–water partition coefficient (Wildman–Crippen LogP) is 3.98. The molecule has 2 aliphatic rings. The molecule has 0 unspecified atom stereocenters. The molecular weight excluding hydrogens is 308 g/mol. The standard InChI is InChI=1S/C17H22F4N2/c18-13-5-6-14(15(11-13)17(19,20)21)16(12-3-1-2-4-12)23-9-7-22-8-10-23/h5-6,11-12,16,22H,1-4,7-10H2/t16-/m0/s1.